The summed E-state index contributed by atoms with van der Waals surface area (Å²) < 4.78 is 40.1. The Hall–Kier alpha value is -4.54. The van der Waals surface area contributed by atoms with Crippen molar-refractivity contribution in [2.24, 2.45) is 0 Å². The van der Waals surface area contributed by atoms with Crippen LogP contribution in [0.2, 0.25) is 5.02 Å². The van der Waals surface area contributed by atoms with Crippen molar-refractivity contribution in [2.75, 3.05) is 32.1 Å². The van der Waals surface area contributed by atoms with Crippen LogP contribution in [-0.4, -0.2) is 59.0 Å². The molecule has 4 aromatic rings. The van der Waals surface area contributed by atoms with Gasteiger partial charge in [0, 0.05) is 31.1 Å². The number of ether oxygens (including phenoxy) is 2. The summed E-state index contributed by atoms with van der Waals surface area (Å²) in [7, 11) is 0.0312. The molecule has 2 amide bonds. The van der Waals surface area contributed by atoms with Crippen LogP contribution >= 0.6 is 11.6 Å². The number of hydrogen-bond donors (Lipinski definition) is 1. The molecular formula is C34H36ClN3O6S. The van der Waals surface area contributed by atoms with E-state index in [2.05, 4.69) is 5.32 Å². The van der Waals surface area contributed by atoms with Crippen LogP contribution in [0.5, 0.6) is 11.5 Å². The van der Waals surface area contributed by atoms with Gasteiger partial charge in [0.15, 0.2) is 11.5 Å². The zero-order valence-corrected chi connectivity index (χ0v) is 27.1. The van der Waals surface area contributed by atoms with Gasteiger partial charge < -0.3 is 19.7 Å². The third-order valence-corrected chi connectivity index (χ3v) is 9.31. The first kappa shape index (κ1) is 33.4. The molecular weight excluding hydrogens is 614 g/mol. The predicted octanol–water partition coefficient (Wildman–Crippen LogP) is 5.25. The summed E-state index contributed by atoms with van der Waals surface area (Å²) in [6, 6.07) is 26.4. The van der Waals surface area contributed by atoms with Gasteiger partial charge in [0.2, 0.25) is 11.8 Å². The molecule has 0 aromatic heterocycles. The van der Waals surface area contributed by atoms with Gasteiger partial charge in [-0.05, 0) is 54.4 Å². The number of halogens is 1. The summed E-state index contributed by atoms with van der Waals surface area (Å²) >= 11 is 6.13. The standard InChI is InChI=1S/C34H36ClN3O6S/c1-24-9-8-12-26(19-24)22-37(30(34(40)36-2)20-25-10-6-5-7-11-25)33(39)23-38(28-15-13-27(35)14-16-28)45(41,42)29-17-18-31(43-3)32(21-29)44-4/h5-19,21,30H,20,22-23H2,1-4H3,(H,36,40)/t30-/m1/s1. The molecule has 4 aromatic carbocycles. The second-order valence-corrected chi connectivity index (χ2v) is 12.6. The van der Waals surface area contributed by atoms with E-state index in [9.17, 15) is 18.0 Å². The number of benzene rings is 4. The molecule has 4 rings (SSSR count). The van der Waals surface area contributed by atoms with E-state index in [1.165, 1.54) is 56.5 Å². The molecule has 0 radical (unpaired) electrons. The van der Waals surface area contributed by atoms with Crippen LogP contribution in [0, 0.1) is 6.92 Å². The Morgan fingerprint density at radius 2 is 1.51 bits per heavy atom. The van der Waals surface area contributed by atoms with E-state index in [4.69, 9.17) is 21.1 Å². The van der Waals surface area contributed by atoms with Crippen molar-refractivity contribution in [2.45, 2.75) is 30.8 Å². The highest BCUT2D eigenvalue weighted by molar-refractivity contribution is 7.92. The minimum atomic E-state index is -4.34. The van der Waals surface area contributed by atoms with E-state index < -0.39 is 28.5 Å². The van der Waals surface area contributed by atoms with Crippen molar-refractivity contribution < 1.29 is 27.5 Å². The number of nitrogens with one attached hydrogen (secondary N) is 1. The number of hydrogen-bond acceptors (Lipinski definition) is 6. The maximum absolute atomic E-state index is 14.4. The summed E-state index contributed by atoms with van der Waals surface area (Å²) in [6.45, 7) is 1.43. The number of sulfonamides is 1. The van der Waals surface area contributed by atoms with Crippen LogP contribution in [0.15, 0.2) is 102 Å². The van der Waals surface area contributed by atoms with Gasteiger partial charge in [-0.25, -0.2) is 8.42 Å². The lowest BCUT2D eigenvalue weighted by Gasteiger charge is -2.33. The average Bonchev–Trinajstić information content (AvgIpc) is 3.05. The molecule has 1 N–H and O–H groups in total. The molecule has 0 heterocycles. The largest absolute Gasteiger partial charge is 0.493 e. The number of carbonyl (C=O) groups is 2. The normalized spacial score (nSPS) is 11.8. The fourth-order valence-corrected chi connectivity index (χ4v) is 6.52. The van der Waals surface area contributed by atoms with Gasteiger partial charge in [0.1, 0.15) is 12.6 Å². The van der Waals surface area contributed by atoms with Crippen LogP contribution < -0.4 is 19.1 Å². The minimum Gasteiger partial charge on any atom is -0.493 e. The van der Waals surface area contributed by atoms with Gasteiger partial charge >= 0.3 is 0 Å². The molecule has 0 spiro atoms. The van der Waals surface area contributed by atoms with E-state index in [0.717, 1.165) is 21.0 Å². The van der Waals surface area contributed by atoms with Gasteiger partial charge in [0.25, 0.3) is 10.0 Å². The molecule has 0 bridgehead atoms. The van der Waals surface area contributed by atoms with Crippen molar-refractivity contribution in [3.8, 4) is 11.5 Å². The summed E-state index contributed by atoms with van der Waals surface area (Å²) in [5.74, 6) is -0.380. The molecule has 11 heteroatoms. The van der Waals surface area contributed by atoms with Gasteiger partial charge in [-0.1, -0.05) is 71.8 Å². The monoisotopic (exact) mass is 649 g/mol. The summed E-state index contributed by atoms with van der Waals surface area (Å²) in [6.07, 6.45) is 0.224. The van der Waals surface area contributed by atoms with E-state index in [1.807, 2.05) is 61.5 Å². The third-order valence-electron chi connectivity index (χ3n) is 7.29. The molecule has 0 aliphatic rings. The molecule has 0 aliphatic carbocycles. The van der Waals surface area contributed by atoms with Crippen molar-refractivity contribution in [3.63, 3.8) is 0 Å². The van der Waals surface area contributed by atoms with Crippen LogP contribution in [0.3, 0.4) is 0 Å². The number of nitrogens with zero attached hydrogens (tertiary/aromatic N) is 2. The number of likely N-dealkylation sites (N-methyl/N-ethyl adjacent to an activating group) is 1. The molecule has 0 unspecified atom stereocenters. The van der Waals surface area contributed by atoms with E-state index in [1.54, 1.807) is 12.1 Å². The van der Waals surface area contributed by atoms with Crippen molar-refractivity contribution in [1.29, 1.82) is 0 Å². The zero-order valence-electron chi connectivity index (χ0n) is 25.6. The minimum absolute atomic E-state index is 0.0797. The van der Waals surface area contributed by atoms with Gasteiger partial charge in [-0.2, -0.15) is 0 Å². The second kappa shape index (κ2) is 15.0. The Balaban J connectivity index is 1.81. The molecule has 236 valence electrons. The lowest BCUT2D eigenvalue weighted by molar-refractivity contribution is -0.139. The molecule has 0 saturated carbocycles. The molecule has 1 atom stereocenters. The maximum atomic E-state index is 14.4. The van der Waals surface area contributed by atoms with Crippen molar-refractivity contribution in [3.05, 3.63) is 119 Å². The van der Waals surface area contributed by atoms with Gasteiger partial charge in [-0.3, -0.25) is 13.9 Å². The van der Waals surface area contributed by atoms with E-state index >= 15 is 0 Å². The quantitative estimate of drug-likeness (QED) is 0.212. The Kier molecular flexibility index (Phi) is 11.1. The molecule has 0 aliphatic heterocycles. The van der Waals surface area contributed by atoms with Crippen LogP contribution in [-0.2, 0) is 32.6 Å². The van der Waals surface area contributed by atoms with Crippen LogP contribution in [0.25, 0.3) is 0 Å². The molecule has 0 saturated heterocycles. The van der Waals surface area contributed by atoms with Crippen molar-refractivity contribution in [1.82, 2.24) is 10.2 Å². The Morgan fingerprint density at radius 1 is 0.844 bits per heavy atom. The first-order valence-electron chi connectivity index (χ1n) is 14.2. The first-order valence-corrected chi connectivity index (χ1v) is 16.0. The highest BCUT2D eigenvalue weighted by Crippen LogP contribution is 2.33. The van der Waals surface area contributed by atoms with Crippen molar-refractivity contribution >= 4 is 39.1 Å². The Morgan fingerprint density at radius 3 is 2.13 bits per heavy atom. The second-order valence-electron chi connectivity index (χ2n) is 10.3. The topological polar surface area (TPSA) is 105 Å². The first-order chi connectivity index (χ1) is 21.6. The van der Waals surface area contributed by atoms with Crippen LogP contribution in [0.4, 0.5) is 5.69 Å². The lowest BCUT2D eigenvalue weighted by atomic mass is 10.0. The number of aryl methyl sites for hydroxylation is 1. The fraction of sp³-hybridized carbons (Fsp3) is 0.235. The predicted molar refractivity (Wildman–Crippen MR) is 175 cm³/mol. The fourth-order valence-electron chi connectivity index (χ4n) is 4.97. The number of rotatable bonds is 13. The molecule has 45 heavy (non-hydrogen) atoms. The number of anilines is 1. The number of carbonyl (C=O) groups excluding carboxylic acids is 2. The van der Waals surface area contributed by atoms with E-state index in [-0.39, 0.29) is 35.2 Å². The molecule has 0 fully saturated rings. The molecule has 9 nitrogen and oxygen atoms in total. The smallest absolute Gasteiger partial charge is 0.264 e. The maximum Gasteiger partial charge on any atom is 0.264 e. The SMILES string of the molecule is CNC(=O)[C@@H](Cc1ccccc1)N(Cc1cccc(C)c1)C(=O)CN(c1ccc(Cl)cc1)S(=O)(=O)c1ccc(OC)c(OC)c1. The third kappa shape index (κ3) is 8.14. The Bertz CT molecular complexity index is 1730. The van der Waals surface area contributed by atoms with Crippen LogP contribution in [0.1, 0.15) is 16.7 Å². The zero-order chi connectivity index (χ0) is 32.6. The van der Waals surface area contributed by atoms with Gasteiger partial charge in [-0.15, -0.1) is 0 Å². The van der Waals surface area contributed by atoms with Gasteiger partial charge in [0.05, 0.1) is 24.8 Å². The Labute approximate surface area is 269 Å². The summed E-state index contributed by atoms with van der Waals surface area (Å²) in [5, 5.41) is 3.08. The number of methoxy groups -OCH3 is 2. The summed E-state index contributed by atoms with van der Waals surface area (Å²) in [4.78, 5) is 29.1. The summed E-state index contributed by atoms with van der Waals surface area (Å²) in [5.41, 5.74) is 2.85. The van der Waals surface area contributed by atoms with E-state index in [0.29, 0.717) is 10.8 Å². The lowest BCUT2D eigenvalue weighted by Crippen LogP contribution is -2.53. The highest BCUT2D eigenvalue weighted by Gasteiger charge is 2.34. The number of amides is 2. The average molecular weight is 650 g/mol. The highest BCUT2D eigenvalue weighted by atomic mass is 35.5.